The van der Waals surface area contributed by atoms with Gasteiger partial charge in [-0.15, -0.1) is 0 Å². The Hall–Kier alpha value is -2.21. The maximum atomic E-state index is 12.0. The fourth-order valence-electron chi connectivity index (χ4n) is 2.39. The van der Waals surface area contributed by atoms with E-state index in [4.69, 9.17) is 0 Å². The first-order valence-corrected chi connectivity index (χ1v) is 8.11. The van der Waals surface area contributed by atoms with Gasteiger partial charge in [0, 0.05) is 6.42 Å². The number of nitrogens with one attached hydrogen (secondary N) is 1. The summed E-state index contributed by atoms with van der Waals surface area (Å²) in [6.07, 6.45) is 1.15. The summed E-state index contributed by atoms with van der Waals surface area (Å²) in [4.78, 5) is 15.9. The minimum absolute atomic E-state index is 0.0780. The fourth-order valence-corrected chi connectivity index (χ4v) is 2.39. The molecule has 2 N–H and O–H groups in total. The molecular formula is C18H25N3O3. The molecule has 0 fully saturated rings. The van der Waals surface area contributed by atoms with Crippen LogP contribution in [0.3, 0.4) is 0 Å². The van der Waals surface area contributed by atoms with Crippen molar-refractivity contribution in [3.63, 3.8) is 0 Å². The van der Waals surface area contributed by atoms with Gasteiger partial charge < -0.3 is 14.9 Å². The van der Waals surface area contributed by atoms with Crippen LogP contribution in [0.15, 0.2) is 35.2 Å². The molecule has 1 amide bonds. The van der Waals surface area contributed by atoms with Gasteiger partial charge in [0.15, 0.2) is 5.82 Å². The van der Waals surface area contributed by atoms with E-state index in [1.165, 1.54) is 12.0 Å². The Balaban J connectivity index is 1.84. The predicted molar refractivity (Wildman–Crippen MR) is 90.2 cm³/mol. The van der Waals surface area contributed by atoms with E-state index in [1.54, 1.807) is 6.92 Å². The first-order valence-electron chi connectivity index (χ1n) is 8.11. The Bertz CT molecular complexity index is 645. The molecule has 0 saturated carbocycles. The number of aliphatic hydroxyl groups is 1. The predicted octanol–water partition coefficient (Wildman–Crippen LogP) is 3.06. The highest BCUT2D eigenvalue weighted by atomic mass is 16.5. The highest BCUT2D eigenvalue weighted by Crippen LogP contribution is 2.25. The van der Waals surface area contributed by atoms with Crippen LogP contribution in [0, 0.1) is 0 Å². The highest BCUT2D eigenvalue weighted by Gasteiger charge is 2.17. The number of amides is 1. The van der Waals surface area contributed by atoms with Crippen molar-refractivity contribution in [3.8, 4) is 0 Å². The summed E-state index contributed by atoms with van der Waals surface area (Å²) < 4.78 is 4.65. The lowest BCUT2D eigenvalue weighted by molar-refractivity contribution is -0.122. The zero-order valence-corrected chi connectivity index (χ0v) is 14.6. The second-order valence-corrected chi connectivity index (χ2v) is 7.01. The highest BCUT2D eigenvalue weighted by molar-refractivity contribution is 5.76. The second kappa shape index (κ2) is 7.57. The van der Waals surface area contributed by atoms with Crippen LogP contribution in [0.25, 0.3) is 0 Å². The van der Waals surface area contributed by atoms with Gasteiger partial charge in [0.25, 0.3) is 0 Å². The van der Waals surface area contributed by atoms with Crippen LogP contribution in [0.5, 0.6) is 0 Å². The van der Waals surface area contributed by atoms with Crippen LogP contribution in [-0.2, 0) is 10.2 Å². The van der Waals surface area contributed by atoms with Crippen molar-refractivity contribution in [1.29, 1.82) is 0 Å². The number of carbonyl (C=O) groups excluding carboxylic acids is 1. The SMILES string of the molecule is C[C@@H](NC(=O)CC[C@H](O)c1ccc(C(C)(C)C)cc1)c1ncon1. The molecule has 2 atom stereocenters. The molecule has 0 aliphatic carbocycles. The Morgan fingerprint density at radius 2 is 1.96 bits per heavy atom. The van der Waals surface area contributed by atoms with Crippen LogP contribution in [0.4, 0.5) is 0 Å². The van der Waals surface area contributed by atoms with Gasteiger partial charge in [-0.05, 0) is 29.9 Å². The lowest BCUT2D eigenvalue weighted by atomic mass is 9.86. The molecular weight excluding hydrogens is 306 g/mol. The molecule has 0 aliphatic rings. The molecule has 0 aliphatic heterocycles. The topological polar surface area (TPSA) is 88.2 Å². The van der Waals surface area contributed by atoms with Gasteiger partial charge in [0.1, 0.15) is 0 Å². The van der Waals surface area contributed by atoms with Crippen molar-refractivity contribution in [3.05, 3.63) is 47.6 Å². The summed E-state index contributed by atoms with van der Waals surface area (Å²) in [7, 11) is 0. The summed E-state index contributed by atoms with van der Waals surface area (Å²) in [6, 6.07) is 7.57. The Kier molecular flexibility index (Phi) is 5.72. The number of rotatable bonds is 6. The van der Waals surface area contributed by atoms with Gasteiger partial charge >= 0.3 is 0 Å². The van der Waals surface area contributed by atoms with Crippen molar-refractivity contribution in [2.45, 2.75) is 58.1 Å². The largest absolute Gasteiger partial charge is 0.388 e. The molecule has 0 spiro atoms. The van der Waals surface area contributed by atoms with Crippen LogP contribution >= 0.6 is 0 Å². The zero-order chi connectivity index (χ0) is 17.7. The van der Waals surface area contributed by atoms with Crippen molar-refractivity contribution in [2.75, 3.05) is 0 Å². The number of nitrogens with zero attached hydrogens (tertiary/aromatic N) is 2. The lowest BCUT2D eigenvalue weighted by Gasteiger charge is -2.20. The standard InChI is InChI=1S/C18H25N3O3/c1-12(17-19-11-24-21-17)20-16(23)10-9-15(22)13-5-7-14(8-6-13)18(2,3)4/h5-8,11-12,15,22H,9-10H2,1-4H3,(H,20,23)/t12-,15+/m1/s1. The Morgan fingerprint density at radius 1 is 1.29 bits per heavy atom. The van der Waals surface area contributed by atoms with E-state index in [-0.39, 0.29) is 23.8 Å². The Labute approximate surface area is 142 Å². The third-order valence-electron chi connectivity index (χ3n) is 3.95. The van der Waals surface area contributed by atoms with Crippen molar-refractivity contribution < 1.29 is 14.4 Å². The molecule has 130 valence electrons. The van der Waals surface area contributed by atoms with Gasteiger partial charge in [-0.2, -0.15) is 4.98 Å². The molecule has 6 heteroatoms. The number of aromatic nitrogens is 2. The molecule has 1 heterocycles. The summed E-state index contributed by atoms with van der Waals surface area (Å²) in [5, 5.41) is 16.7. The minimum atomic E-state index is -0.662. The quantitative estimate of drug-likeness (QED) is 0.849. The molecule has 6 nitrogen and oxygen atoms in total. The van der Waals surface area contributed by atoms with Gasteiger partial charge in [0.05, 0.1) is 12.1 Å². The smallest absolute Gasteiger partial charge is 0.220 e. The molecule has 1 aromatic carbocycles. The fraction of sp³-hybridized carbons (Fsp3) is 0.500. The molecule has 0 radical (unpaired) electrons. The van der Waals surface area contributed by atoms with Crippen molar-refractivity contribution in [2.24, 2.45) is 0 Å². The van der Waals surface area contributed by atoms with Gasteiger partial charge in [-0.3, -0.25) is 4.79 Å². The summed E-state index contributed by atoms with van der Waals surface area (Å²) >= 11 is 0. The van der Waals surface area contributed by atoms with E-state index in [1.807, 2.05) is 24.3 Å². The molecule has 2 aromatic rings. The maximum absolute atomic E-state index is 12.0. The summed E-state index contributed by atoms with van der Waals surface area (Å²) in [5.74, 6) is 0.277. The third kappa shape index (κ3) is 4.89. The summed E-state index contributed by atoms with van der Waals surface area (Å²) in [5.41, 5.74) is 2.11. The van der Waals surface area contributed by atoms with E-state index in [9.17, 15) is 9.90 Å². The molecule has 0 unspecified atom stereocenters. The van der Waals surface area contributed by atoms with Crippen LogP contribution in [-0.4, -0.2) is 21.2 Å². The van der Waals surface area contributed by atoms with Gasteiger partial charge in [-0.25, -0.2) is 0 Å². The van der Waals surface area contributed by atoms with Crippen LogP contribution in [0.1, 0.15) is 69.6 Å². The van der Waals surface area contributed by atoms with E-state index in [0.29, 0.717) is 12.2 Å². The van der Waals surface area contributed by atoms with E-state index >= 15 is 0 Å². The van der Waals surface area contributed by atoms with Gasteiger partial charge in [0.2, 0.25) is 12.3 Å². The minimum Gasteiger partial charge on any atom is -0.388 e. The number of hydrogen-bond acceptors (Lipinski definition) is 5. The van der Waals surface area contributed by atoms with Gasteiger partial charge in [-0.1, -0.05) is 50.2 Å². The first kappa shape index (κ1) is 18.1. The third-order valence-corrected chi connectivity index (χ3v) is 3.95. The van der Waals surface area contributed by atoms with Crippen molar-refractivity contribution >= 4 is 5.91 Å². The summed E-state index contributed by atoms with van der Waals surface area (Å²) in [6.45, 7) is 8.22. The van der Waals surface area contributed by atoms with Crippen LogP contribution in [0.2, 0.25) is 0 Å². The first-order chi connectivity index (χ1) is 11.3. The molecule has 1 aromatic heterocycles. The number of hydrogen-bond donors (Lipinski definition) is 2. The Morgan fingerprint density at radius 3 is 2.50 bits per heavy atom. The van der Waals surface area contributed by atoms with Crippen LogP contribution < -0.4 is 5.32 Å². The lowest BCUT2D eigenvalue weighted by Crippen LogP contribution is -2.27. The van der Waals surface area contributed by atoms with E-state index < -0.39 is 6.10 Å². The average Bonchev–Trinajstić information content (AvgIpc) is 3.06. The molecule has 2 rings (SSSR count). The van der Waals surface area contributed by atoms with E-state index in [0.717, 1.165) is 5.56 Å². The number of aliphatic hydroxyl groups excluding tert-OH is 1. The maximum Gasteiger partial charge on any atom is 0.220 e. The molecule has 24 heavy (non-hydrogen) atoms. The monoisotopic (exact) mass is 331 g/mol. The van der Waals surface area contributed by atoms with E-state index in [2.05, 4.69) is 40.8 Å². The number of benzene rings is 1. The van der Waals surface area contributed by atoms with Crippen molar-refractivity contribution in [1.82, 2.24) is 15.5 Å². The zero-order valence-electron chi connectivity index (χ0n) is 14.6. The second-order valence-electron chi connectivity index (χ2n) is 7.01. The normalized spacial score (nSPS) is 14.2. The number of carbonyl (C=O) groups is 1. The average molecular weight is 331 g/mol. The molecule has 0 saturated heterocycles. The molecule has 0 bridgehead atoms.